The van der Waals surface area contributed by atoms with Crippen LogP contribution in [0.3, 0.4) is 0 Å². The van der Waals surface area contributed by atoms with Crippen LogP contribution in [0, 0.1) is 20.8 Å². The Labute approximate surface area is 131 Å². The first-order valence-electron chi connectivity index (χ1n) is 7.27. The van der Waals surface area contributed by atoms with Gasteiger partial charge in [-0.3, -0.25) is 0 Å². The van der Waals surface area contributed by atoms with Gasteiger partial charge in [0.15, 0.2) is 12.6 Å². The Morgan fingerprint density at radius 2 is 1.90 bits per heavy atom. The molecule has 0 amide bonds. The minimum atomic E-state index is -0.0401. The van der Waals surface area contributed by atoms with Crippen molar-refractivity contribution >= 4 is 11.9 Å². The Kier molecular flexibility index (Phi) is 5.54. The zero-order chi connectivity index (χ0) is 15.6. The summed E-state index contributed by atoms with van der Waals surface area (Å²) in [6.07, 6.45) is 0.811. The molecule has 1 aliphatic rings. The van der Waals surface area contributed by atoms with Crippen molar-refractivity contribution in [3.05, 3.63) is 22.8 Å². The van der Waals surface area contributed by atoms with E-state index < -0.39 is 0 Å². The molecular weight excluding hydrogens is 286 g/mol. The fourth-order valence-corrected chi connectivity index (χ4v) is 3.44. The largest absolute Gasteiger partial charge is 0.496 e. The molecule has 0 bridgehead atoms. The lowest BCUT2D eigenvalue weighted by Gasteiger charge is -2.34. The van der Waals surface area contributed by atoms with E-state index in [0.29, 0.717) is 0 Å². The molecule has 0 radical (unpaired) electrons. The van der Waals surface area contributed by atoms with E-state index in [0.717, 1.165) is 18.7 Å². The zero-order valence-electron chi connectivity index (χ0n) is 13.7. The number of aryl methyl sites for hydroxylation is 1. The van der Waals surface area contributed by atoms with Gasteiger partial charge in [0.2, 0.25) is 0 Å². The van der Waals surface area contributed by atoms with Crippen LogP contribution >= 0.6 is 11.9 Å². The Morgan fingerprint density at radius 1 is 1.24 bits per heavy atom. The van der Waals surface area contributed by atoms with Crippen molar-refractivity contribution in [3.63, 3.8) is 0 Å². The number of rotatable bonds is 6. The van der Waals surface area contributed by atoms with E-state index in [1.54, 1.807) is 19.1 Å². The Bertz CT molecular complexity index is 501. The molecule has 4 nitrogen and oxygen atoms in total. The highest BCUT2D eigenvalue weighted by Crippen LogP contribution is 2.35. The number of nitrogens with zero attached hydrogens (tertiary/aromatic N) is 1. The van der Waals surface area contributed by atoms with Gasteiger partial charge < -0.3 is 14.2 Å². The molecule has 1 saturated heterocycles. The topological polar surface area (TPSA) is 30.9 Å². The van der Waals surface area contributed by atoms with Crippen molar-refractivity contribution in [3.8, 4) is 5.75 Å². The zero-order valence-corrected chi connectivity index (χ0v) is 14.5. The average molecular weight is 311 g/mol. The minimum absolute atomic E-state index is 0.0390. The minimum Gasteiger partial charge on any atom is -0.496 e. The fourth-order valence-electron chi connectivity index (χ4n) is 2.44. The van der Waals surface area contributed by atoms with Crippen LogP contribution in [-0.2, 0) is 9.47 Å². The summed E-state index contributed by atoms with van der Waals surface area (Å²) in [7, 11) is 3.82. The first kappa shape index (κ1) is 16.6. The number of ether oxygens (including phenoxy) is 3. The molecule has 0 atom stereocenters. The fraction of sp³-hybridized carbons (Fsp3) is 0.625. The monoisotopic (exact) mass is 311 g/mol. The molecule has 0 saturated carbocycles. The maximum absolute atomic E-state index is 5.46. The molecule has 0 N–H and O–H groups in total. The van der Waals surface area contributed by atoms with E-state index in [1.165, 1.54) is 21.6 Å². The standard InChI is InChI=1S/C16H25NO3S/c1-10-9-14(18-6)11(2)12(3)16(10)21-17(5)8-7-15-19-13(4)20-15/h9,13,15H,7-8H2,1-6H3. The molecule has 2 rings (SSSR count). The molecule has 0 unspecified atom stereocenters. The van der Waals surface area contributed by atoms with E-state index in [-0.39, 0.29) is 12.6 Å². The van der Waals surface area contributed by atoms with Crippen molar-refractivity contribution < 1.29 is 14.2 Å². The molecular formula is C16H25NO3S. The number of methoxy groups -OCH3 is 1. The Balaban J connectivity index is 1.97. The van der Waals surface area contributed by atoms with Gasteiger partial charge in [-0.15, -0.1) is 0 Å². The van der Waals surface area contributed by atoms with Gasteiger partial charge in [-0.2, -0.15) is 0 Å². The van der Waals surface area contributed by atoms with Crippen molar-refractivity contribution in [2.75, 3.05) is 20.7 Å². The highest BCUT2D eigenvalue weighted by atomic mass is 32.2. The second kappa shape index (κ2) is 7.01. The Morgan fingerprint density at radius 3 is 2.48 bits per heavy atom. The van der Waals surface area contributed by atoms with Gasteiger partial charge in [0.1, 0.15) is 5.75 Å². The van der Waals surface area contributed by atoms with Crippen LogP contribution in [0.1, 0.15) is 30.0 Å². The number of hydrogen-bond acceptors (Lipinski definition) is 5. The van der Waals surface area contributed by atoms with Crippen molar-refractivity contribution in [1.82, 2.24) is 4.31 Å². The molecule has 0 aliphatic carbocycles. The third-order valence-corrected chi connectivity index (χ3v) is 5.12. The van der Waals surface area contributed by atoms with Crippen LogP contribution in [0.4, 0.5) is 0 Å². The summed E-state index contributed by atoms with van der Waals surface area (Å²) >= 11 is 1.77. The van der Waals surface area contributed by atoms with Gasteiger partial charge in [0, 0.05) is 17.9 Å². The van der Waals surface area contributed by atoms with Crippen molar-refractivity contribution in [1.29, 1.82) is 0 Å². The summed E-state index contributed by atoms with van der Waals surface area (Å²) in [5.41, 5.74) is 3.74. The Hall–Kier alpha value is -0.750. The number of benzene rings is 1. The van der Waals surface area contributed by atoms with Crippen molar-refractivity contribution in [2.45, 2.75) is 51.6 Å². The van der Waals surface area contributed by atoms with E-state index in [2.05, 4.69) is 38.2 Å². The molecule has 1 fully saturated rings. The lowest BCUT2D eigenvalue weighted by Crippen LogP contribution is -2.40. The van der Waals surface area contributed by atoms with E-state index >= 15 is 0 Å². The summed E-state index contributed by atoms with van der Waals surface area (Å²) in [5, 5.41) is 0. The molecule has 1 aromatic rings. The molecule has 1 aromatic carbocycles. The predicted octanol–water partition coefficient (Wildman–Crippen LogP) is 3.67. The van der Waals surface area contributed by atoms with Gasteiger partial charge in [-0.25, -0.2) is 4.31 Å². The first-order valence-corrected chi connectivity index (χ1v) is 8.04. The van der Waals surface area contributed by atoms with Crippen LogP contribution in [0.15, 0.2) is 11.0 Å². The van der Waals surface area contributed by atoms with Crippen LogP contribution in [-0.4, -0.2) is 37.6 Å². The quantitative estimate of drug-likeness (QED) is 0.748. The molecule has 1 heterocycles. The molecule has 118 valence electrons. The number of hydrogen-bond donors (Lipinski definition) is 0. The van der Waals surface area contributed by atoms with Gasteiger partial charge in [-0.05, 0) is 69.4 Å². The molecule has 1 aliphatic heterocycles. The maximum atomic E-state index is 5.46. The second-order valence-electron chi connectivity index (χ2n) is 5.48. The van der Waals surface area contributed by atoms with Crippen LogP contribution in [0.2, 0.25) is 0 Å². The van der Waals surface area contributed by atoms with Crippen LogP contribution < -0.4 is 4.74 Å². The summed E-state index contributed by atoms with van der Waals surface area (Å²) in [6, 6.07) is 2.11. The normalized spacial score (nSPS) is 21.5. The van der Waals surface area contributed by atoms with E-state index in [9.17, 15) is 0 Å². The maximum Gasteiger partial charge on any atom is 0.165 e. The van der Waals surface area contributed by atoms with Gasteiger partial charge in [0.25, 0.3) is 0 Å². The molecule has 0 spiro atoms. The average Bonchev–Trinajstić information content (AvgIpc) is 2.42. The highest BCUT2D eigenvalue weighted by Gasteiger charge is 2.26. The van der Waals surface area contributed by atoms with E-state index in [4.69, 9.17) is 14.2 Å². The molecule has 5 heteroatoms. The smallest absolute Gasteiger partial charge is 0.165 e. The highest BCUT2D eigenvalue weighted by molar-refractivity contribution is 7.97. The summed E-state index contributed by atoms with van der Waals surface area (Å²) in [5.74, 6) is 0.960. The first-order chi connectivity index (χ1) is 9.92. The third kappa shape index (κ3) is 3.92. The molecule has 21 heavy (non-hydrogen) atoms. The van der Waals surface area contributed by atoms with Gasteiger partial charge in [-0.1, -0.05) is 0 Å². The summed E-state index contributed by atoms with van der Waals surface area (Å²) in [4.78, 5) is 1.31. The van der Waals surface area contributed by atoms with E-state index in [1.807, 2.05) is 6.92 Å². The van der Waals surface area contributed by atoms with Crippen LogP contribution in [0.25, 0.3) is 0 Å². The summed E-state index contributed by atoms with van der Waals surface area (Å²) in [6.45, 7) is 9.23. The lowest BCUT2D eigenvalue weighted by molar-refractivity contribution is -0.376. The second-order valence-corrected chi connectivity index (χ2v) is 6.69. The van der Waals surface area contributed by atoms with Crippen molar-refractivity contribution in [2.24, 2.45) is 0 Å². The summed E-state index contributed by atoms with van der Waals surface area (Å²) < 4.78 is 18.6. The van der Waals surface area contributed by atoms with Gasteiger partial charge in [0.05, 0.1) is 7.11 Å². The predicted molar refractivity (Wildman–Crippen MR) is 85.7 cm³/mol. The molecule has 0 aromatic heterocycles. The lowest BCUT2D eigenvalue weighted by atomic mass is 10.1. The van der Waals surface area contributed by atoms with Gasteiger partial charge >= 0.3 is 0 Å². The van der Waals surface area contributed by atoms with Crippen LogP contribution in [0.5, 0.6) is 5.75 Å². The SMILES string of the molecule is COc1cc(C)c(SN(C)CCC2OC(C)O2)c(C)c1C. The third-order valence-electron chi connectivity index (χ3n) is 3.81.